The molecule has 0 radical (unpaired) electrons. The first-order valence-corrected chi connectivity index (χ1v) is 7.34. The standard InChI is InChI=1S/C17H26O2/c1-5-17(3,4)15-8-6-13(7-9-15)16(18)14-10-12(2)19-11-14/h6-9,12,14,16,18H,5,10-11H2,1-4H3. The zero-order chi connectivity index (χ0) is 14.0. The number of hydrogen-bond donors (Lipinski definition) is 1. The van der Waals surface area contributed by atoms with E-state index in [4.69, 9.17) is 4.74 Å². The third kappa shape index (κ3) is 3.18. The molecule has 0 aliphatic carbocycles. The molecule has 1 aliphatic heterocycles. The minimum absolute atomic E-state index is 0.203. The number of aliphatic hydroxyl groups is 1. The quantitative estimate of drug-likeness (QED) is 0.893. The molecular weight excluding hydrogens is 236 g/mol. The number of benzene rings is 1. The highest BCUT2D eigenvalue weighted by atomic mass is 16.5. The van der Waals surface area contributed by atoms with Crippen molar-refractivity contribution in [2.75, 3.05) is 6.61 Å². The molecule has 106 valence electrons. The topological polar surface area (TPSA) is 29.5 Å². The first kappa shape index (κ1) is 14.5. The number of ether oxygens (including phenoxy) is 1. The highest BCUT2D eigenvalue weighted by Crippen LogP contribution is 2.33. The molecular formula is C17H26O2. The number of hydrogen-bond acceptors (Lipinski definition) is 2. The highest BCUT2D eigenvalue weighted by molar-refractivity contribution is 5.29. The fourth-order valence-corrected chi connectivity index (χ4v) is 2.68. The molecule has 1 aliphatic rings. The summed E-state index contributed by atoms with van der Waals surface area (Å²) in [5.74, 6) is 0.236. The van der Waals surface area contributed by atoms with Gasteiger partial charge in [0.15, 0.2) is 0 Å². The van der Waals surface area contributed by atoms with E-state index in [1.165, 1.54) is 5.56 Å². The van der Waals surface area contributed by atoms with E-state index in [2.05, 4.69) is 52.0 Å². The molecule has 0 aromatic heterocycles. The minimum Gasteiger partial charge on any atom is -0.388 e. The van der Waals surface area contributed by atoms with Gasteiger partial charge >= 0.3 is 0 Å². The van der Waals surface area contributed by atoms with Crippen LogP contribution in [0, 0.1) is 5.92 Å². The Balaban J connectivity index is 2.10. The Morgan fingerprint density at radius 2 is 1.95 bits per heavy atom. The molecule has 2 nitrogen and oxygen atoms in total. The fourth-order valence-electron chi connectivity index (χ4n) is 2.68. The van der Waals surface area contributed by atoms with Crippen LogP contribution in [0.15, 0.2) is 24.3 Å². The normalized spacial score (nSPS) is 25.5. The van der Waals surface area contributed by atoms with Gasteiger partial charge in [-0.1, -0.05) is 45.0 Å². The van der Waals surface area contributed by atoms with E-state index in [-0.39, 0.29) is 17.4 Å². The molecule has 0 spiro atoms. The highest BCUT2D eigenvalue weighted by Gasteiger charge is 2.29. The van der Waals surface area contributed by atoms with E-state index in [0.717, 1.165) is 18.4 Å². The van der Waals surface area contributed by atoms with Gasteiger partial charge in [-0.05, 0) is 36.3 Å². The van der Waals surface area contributed by atoms with Crippen LogP contribution >= 0.6 is 0 Å². The molecule has 1 heterocycles. The van der Waals surface area contributed by atoms with Crippen molar-refractivity contribution in [3.8, 4) is 0 Å². The van der Waals surface area contributed by atoms with Crippen molar-refractivity contribution in [1.82, 2.24) is 0 Å². The minimum atomic E-state index is -0.399. The van der Waals surface area contributed by atoms with Gasteiger partial charge in [0.05, 0.1) is 18.8 Å². The molecule has 1 fully saturated rings. The fraction of sp³-hybridized carbons (Fsp3) is 0.647. The molecule has 0 saturated carbocycles. The Kier molecular flexibility index (Phi) is 4.32. The van der Waals surface area contributed by atoms with Gasteiger partial charge in [-0.3, -0.25) is 0 Å². The Morgan fingerprint density at radius 1 is 1.32 bits per heavy atom. The van der Waals surface area contributed by atoms with Gasteiger partial charge in [0.25, 0.3) is 0 Å². The first-order chi connectivity index (χ1) is 8.94. The van der Waals surface area contributed by atoms with E-state index < -0.39 is 6.10 Å². The Hall–Kier alpha value is -0.860. The lowest BCUT2D eigenvalue weighted by Gasteiger charge is -2.24. The smallest absolute Gasteiger partial charge is 0.0841 e. The molecule has 3 unspecified atom stereocenters. The molecule has 0 bridgehead atoms. The van der Waals surface area contributed by atoms with E-state index in [1.54, 1.807) is 0 Å². The van der Waals surface area contributed by atoms with Gasteiger partial charge in [0, 0.05) is 5.92 Å². The van der Waals surface area contributed by atoms with Crippen LogP contribution in [0.5, 0.6) is 0 Å². The van der Waals surface area contributed by atoms with Crippen molar-refractivity contribution < 1.29 is 9.84 Å². The predicted molar refractivity (Wildman–Crippen MR) is 78.2 cm³/mol. The molecule has 2 rings (SSSR count). The van der Waals surface area contributed by atoms with Crippen LogP contribution in [0.1, 0.15) is 57.8 Å². The van der Waals surface area contributed by atoms with Crippen LogP contribution in [0.25, 0.3) is 0 Å². The molecule has 1 aromatic carbocycles. The van der Waals surface area contributed by atoms with Gasteiger partial charge in [0.1, 0.15) is 0 Å². The van der Waals surface area contributed by atoms with Crippen molar-refractivity contribution in [3.05, 3.63) is 35.4 Å². The van der Waals surface area contributed by atoms with E-state index in [1.807, 2.05) is 0 Å². The summed E-state index contributed by atoms with van der Waals surface area (Å²) in [6.07, 6.45) is 1.94. The van der Waals surface area contributed by atoms with Gasteiger partial charge in [-0.2, -0.15) is 0 Å². The number of aliphatic hydroxyl groups excluding tert-OH is 1. The molecule has 19 heavy (non-hydrogen) atoms. The van der Waals surface area contributed by atoms with Crippen LogP contribution in [-0.2, 0) is 10.2 Å². The largest absolute Gasteiger partial charge is 0.388 e. The van der Waals surface area contributed by atoms with Crippen LogP contribution in [0.4, 0.5) is 0 Å². The zero-order valence-electron chi connectivity index (χ0n) is 12.5. The molecule has 0 amide bonds. The third-order valence-corrected chi connectivity index (χ3v) is 4.59. The first-order valence-electron chi connectivity index (χ1n) is 7.34. The average molecular weight is 262 g/mol. The maximum atomic E-state index is 10.4. The van der Waals surface area contributed by atoms with Gasteiger partial charge < -0.3 is 9.84 Å². The Bertz CT molecular complexity index is 408. The Labute approximate surface area is 116 Å². The van der Waals surface area contributed by atoms with Crippen LogP contribution in [0.2, 0.25) is 0 Å². The molecule has 2 heteroatoms. The second-order valence-corrected chi connectivity index (χ2v) is 6.44. The summed E-state index contributed by atoms with van der Waals surface area (Å²) in [5, 5.41) is 10.4. The average Bonchev–Trinajstić information content (AvgIpc) is 2.85. The molecule has 1 aromatic rings. The monoisotopic (exact) mass is 262 g/mol. The van der Waals surface area contributed by atoms with Crippen molar-refractivity contribution in [2.24, 2.45) is 5.92 Å². The Morgan fingerprint density at radius 3 is 2.42 bits per heavy atom. The van der Waals surface area contributed by atoms with E-state index in [0.29, 0.717) is 6.61 Å². The number of rotatable bonds is 4. The summed E-state index contributed by atoms with van der Waals surface area (Å²) in [6.45, 7) is 9.46. The summed E-state index contributed by atoms with van der Waals surface area (Å²) < 4.78 is 5.54. The van der Waals surface area contributed by atoms with Gasteiger partial charge in [-0.15, -0.1) is 0 Å². The second-order valence-electron chi connectivity index (χ2n) is 6.44. The van der Waals surface area contributed by atoms with E-state index >= 15 is 0 Å². The van der Waals surface area contributed by atoms with Gasteiger partial charge in [-0.25, -0.2) is 0 Å². The maximum Gasteiger partial charge on any atom is 0.0841 e. The summed E-state index contributed by atoms with van der Waals surface area (Å²) >= 11 is 0. The summed E-state index contributed by atoms with van der Waals surface area (Å²) in [6, 6.07) is 8.45. The molecule has 3 atom stereocenters. The summed E-state index contributed by atoms with van der Waals surface area (Å²) in [7, 11) is 0. The van der Waals surface area contributed by atoms with Crippen LogP contribution in [-0.4, -0.2) is 17.8 Å². The van der Waals surface area contributed by atoms with Crippen LogP contribution in [0.3, 0.4) is 0 Å². The van der Waals surface area contributed by atoms with Crippen LogP contribution < -0.4 is 0 Å². The van der Waals surface area contributed by atoms with Crippen molar-refractivity contribution >= 4 is 0 Å². The SMILES string of the molecule is CCC(C)(C)c1ccc(C(O)C2COC(C)C2)cc1. The van der Waals surface area contributed by atoms with Crippen molar-refractivity contribution in [3.63, 3.8) is 0 Å². The maximum absolute atomic E-state index is 10.4. The third-order valence-electron chi connectivity index (χ3n) is 4.59. The van der Waals surface area contributed by atoms with Crippen molar-refractivity contribution in [1.29, 1.82) is 0 Å². The lowest BCUT2D eigenvalue weighted by atomic mass is 9.81. The molecule has 1 saturated heterocycles. The van der Waals surface area contributed by atoms with Gasteiger partial charge in [0.2, 0.25) is 0 Å². The summed E-state index contributed by atoms with van der Waals surface area (Å²) in [5.41, 5.74) is 2.55. The van der Waals surface area contributed by atoms with Crippen molar-refractivity contribution in [2.45, 2.75) is 58.2 Å². The lowest BCUT2D eigenvalue weighted by molar-refractivity contribution is 0.0804. The molecule has 1 N–H and O–H groups in total. The predicted octanol–water partition coefficient (Wildman–Crippen LogP) is 3.83. The lowest BCUT2D eigenvalue weighted by Crippen LogP contribution is -2.16. The second kappa shape index (κ2) is 5.64. The van der Waals surface area contributed by atoms with E-state index in [9.17, 15) is 5.11 Å². The summed E-state index contributed by atoms with van der Waals surface area (Å²) in [4.78, 5) is 0. The zero-order valence-corrected chi connectivity index (χ0v) is 12.5.